The van der Waals surface area contributed by atoms with Gasteiger partial charge in [0.05, 0.1) is 5.69 Å². The molecule has 1 aromatic rings. The third-order valence-electron chi connectivity index (χ3n) is 2.69. The molecular weight excluding hydrogens is 262 g/mol. The van der Waals surface area contributed by atoms with Gasteiger partial charge in [-0.15, -0.1) is 0 Å². The Bertz CT molecular complexity index is 608. The summed E-state index contributed by atoms with van der Waals surface area (Å²) in [6, 6.07) is 4.75. The van der Waals surface area contributed by atoms with E-state index in [0.29, 0.717) is 17.5 Å². The van der Waals surface area contributed by atoms with Gasteiger partial charge in [-0.3, -0.25) is 4.79 Å². The van der Waals surface area contributed by atoms with Crippen LogP contribution in [0.25, 0.3) is 0 Å². The van der Waals surface area contributed by atoms with Crippen LogP contribution in [0.15, 0.2) is 23.2 Å². The number of benzene rings is 1. The van der Waals surface area contributed by atoms with Crippen molar-refractivity contribution in [3.8, 4) is 0 Å². The molecule has 104 valence electrons. The second-order valence-electron chi connectivity index (χ2n) is 4.80. The zero-order valence-corrected chi connectivity index (χ0v) is 11.3. The Morgan fingerprint density at radius 1 is 1.15 bits per heavy atom. The molecule has 0 atom stereocenters. The zero-order chi connectivity index (χ0) is 14.9. The van der Waals surface area contributed by atoms with Gasteiger partial charge < -0.3 is 9.47 Å². The lowest BCUT2D eigenvalue weighted by molar-refractivity contribution is -0.214. The van der Waals surface area contributed by atoms with Crippen LogP contribution in [0.5, 0.6) is 0 Å². The second kappa shape index (κ2) is 4.88. The number of carbonyl (C=O) groups is 3. The molecule has 0 N–H and O–H groups in total. The molecule has 0 bridgehead atoms. The lowest BCUT2D eigenvalue weighted by Crippen LogP contribution is -2.46. The molecule has 0 aliphatic carbocycles. The van der Waals surface area contributed by atoms with Crippen molar-refractivity contribution in [2.45, 2.75) is 26.6 Å². The molecule has 0 unspecified atom stereocenters. The maximum Gasteiger partial charge on any atom is 0.367 e. The Labute approximate surface area is 115 Å². The first-order valence-corrected chi connectivity index (χ1v) is 5.93. The highest BCUT2D eigenvalue weighted by Crippen LogP contribution is 2.22. The minimum Gasteiger partial charge on any atom is -0.418 e. The lowest BCUT2D eigenvalue weighted by atomic mass is 10.1. The molecule has 1 aromatic carbocycles. The average Bonchev–Trinajstić information content (AvgIpc) is 2.34. The molecule has 6 nitrogen and oxygen atoms in total. The molecule has 0 radical (unpaired) electrons. The number of nitrogens with zero attached hydrogens (tertiary/aromatic N) is 1. The number of hydrogen-bond acceptors (Lipinski definition) is 6. The Morgan fingerprint density at radius 3 is 2.30 bits per heavy atom. The van der Waals surface area contributed by atoms with Crippen LogP contribution in [-0.4, -0.2) is 29.7 Å². The fraction of sp³-hybridized carbons (Fsp3) is 0.286. The largest absolute Gasteiger partial charge is 0.418 e. The molecule has 2 rings (SSSR count). The van der Waals surface area contributed by atoms with Crippen molar-refractivity contribution < 1.29 is 23.9 Å². The minimum atomic E-state index is -1.30. The molecule has 0 saturated carbocycles. The first-order valence-electron chi connectivity index (χ1n) is 5.93. The maximum atomic E-state index is 11.7. The van der Waals surface area contributed by atoms with Gasteiger partial charge in [0.25, 0.3) is 5.79 Å². The van der Waals surface area contributed by atoms with Crippen molar-refractivity contribution in [1.82, 2.24) is 0 Å². The molecule has 1 aliphatic rings. The average molecular weight is 275 g/mol. The molecule has 1 saturated heterocycles. The Kier molecular flexibility index (Phi) is 3.40. The number of aliphatic imine (C=N–C) groups is 1. The second-order valence-corrected chi connectivity index (χ2v) is 4.80. The van der Waals surface area contributed by atoms with Gasteiger partial charge >= 0.3 is 11.9 Å². The van der Waals surface area contributed by atoms with Gasteiger partial charge in [-0.25, -0.2) is 14.6 Å². The quantitative estimate of drug-likeness (QED) is 0.606. The molecule has 6 heteroatoms. The topological polar surface area (TPSA) is 82.0 Å². The van der Waals surface area contributed by atoms with Gasteiger partial charge in [0, 0.05) is 19.4 Å². The number of rotatable bonds is 2. The molecule has 1 heterocycles. The first kappa shape index (κ1) is 13.9. The summed E-state index contributed by atoms with van der Waals surface area (Å²) in [6.45, 7) is 4.68. The van der Waals surface area contributed by atoms with Gasteiger partial charge in [0.1, 0.15) is 6.29 Å². The Hall–Kier alpha value is -2.50. The number of ether oxygens (including phenoxy) is 2. The van der Waals surface area contributed by atoms with E-state index in [9.17, 15) is 14.4 Å². The summed E-state index contributed by atoms with van der Waals surface area (Å²) < 4.78 is 9.85. The highest BCUT2D eigenvalue weighted by atomic mass is 16.7. The van der Waals surface area contributed by atoms with E-state index in [0.717, 1.165) is 5.56 Å². The Morgan fingerprint density at radius 2 is 1.75 bits per heavy atom. The molecule has 0 aromatic heterocycles. The molecule has 20 heavy (non-hydrogen) atoms. The van der Waals surface area contributed by atoms with Crippen molar-refractivity contribution in [3.63, 3.8) is 0 Å². The van der Waals surface area contributed by atoms with E-state index < -0.39 is 23.4 Å². The zero-order valence-electron chi connectivity index (χ0n) is 11.3. The fourth-order valence-electron chi connectivity index (χ4n) is 1.69. The van der Waals surface area contributed by atoms with Crippen LogP contribution in [0.4, 0.5) is 5.69 Å². The SMILES string of the molecule is Cc1ccc(N=C2C(=O)OC(C)(C)OC2=O)cc1C=O. The number of cyclic esters (lactones) is 2. The van der Waals surface area contributed by atoms with E-state index in [4.69, 9.17) is 9.47 Å². The van der Waals surface area contributed by atoms with Gasteiger partial charge in [-0.1, -0.05) is 6.07 Å². The third-order valence-corrected chi connectivity index (χ3v) is 2.69. The van der Waals surface area contributed by atoms with Crippen LogP contribution < -0.4 is 0 Å². The minimum absolute atomic E-state index is 0.307. The van der Waals surface area contributed by atoms with E-state index >= 15 is 0 Å². The van der Waals surface area contributed by atoms with Crippen molar-refractivity contribution in [1.29, 1.82) is 0 Å². The van der Waals surface area contributed by atoms with E-state index in [1.165, 1.54) is 19.9 Å². The number of aldehydes is 1. The predicted molar refractivity (Wildman–Crippen MR) is 69.9 cm³/mol. The monoisotopic (exact) mass is 275 g/mol. The number of carbonyl (C=O) groups excluding carboxylic acids is 3. The summed E-state index contributed by atoms with van der Waals surface area (Å²) in [5, 5.41) is 0. The van der Waals surface area contributed by atoms with E-state index in [1.54, 1.807) is 19.1 Å². The maximum absolute atomic E-state index is 11.7. The number of esters is 2. The van der Waals surface area contributed by atoms with Crippen LogP contribution in [0.1, 0.15) is 29.8 Å². The van der Waals surface area contributed by atoms with Crippen molar-refractivity contribution in [2.24, 2.45) is 4.99 Å². The van der Waals surface area contributed by atoms with Crippen LogP contribution in [0.3, 0.4) is 0 Å². The molecule has 0 spiro atoms. The van der Waals surface area contributed by atoms with E-state index in [-0.39, 0.29) is 0 Å². The predicted octanol–water partition coefficient (Wildman–Crippen LogP) is 1.72. The van der Waals surface area contributed by atoms with Crippen molar-refractivity contribution in [2.75, 3.05) is 0 Å². The summed E-state index contributed by atoms with van der Waals surface area (Å²) in [7, 11) is 0. The van der Waals surface area contributed by atoms with Crippen LogP contribution in [0, 0.1) is 6.92 Å². The fourth-order valence-corrected chi connectivity index (χ4v) is 1.69. The molecule has 1 aliphatic heterocycles. The van der Waals surface area contributed by atoms with Crippen LogP contribution in [0.2, 0.25) is 0 Å². The smallest absolute Gasteiger partial charge is 0.367 e. The van der Waals surface area contributed by atoms with Gasteiger partial charge in [-0.05, 0) is 24.6 Å². The first-order chi connectivity index (χ1) is 9.32. The third kappa shape index (κ3) is 2.74. The van der Waals surface area contributed by atoms with Gasteiger partial charge in [-0.2, -0.15) is 0 Å². The molecule has 0 amide bonds. The Balaban J connectivity index is 2.38. The highest BCUT2D eigenvalue weighted by Gasteiger charge is 2.40. The molecule has 1 fully saturated rings. The standard InChI is InChI=1S/C14H13NO5/c1-8-4-5-10(6-9(8)7-16)15-11-12(17)19-14(2,3)20-13(11)18/h4-7H,1-3H3. The van der Waals surface area contributed by atoms with Crippen molar-refractivity contribution >= 4 is 29.6 Å². The summed E-state index contributed by atoms with van der Waals surface area (Å²) in [5.74, 6) is -2.99. The number of hydrogen-bond donors (Lipinski definition) is 0. The van der Waals surface area contributed by atoms with Gasteiger partial charge in [0.15, 0.2) is 0 Å². The molecular formula is C14H13NO5. The van der Waals surface area contributed by atoms with Crippen LogP contribution >= 0.6 is 0 Å². The van der Waals surface area contributed by atoms with Crippen molar-refractivity contribution in [3.05, 3.63) is 29.3 Å². The number of aryl methyl sites for hydroxylation is 1. The van der Waals surface area contributed by atoms with Crippen LogP contribution in [-0.2, 0) is 19.1 Å². The van der Waals surface area contributed by atoms with E-state index in [2.05, 4.69) is 4.99 Å². The summed E-state index contributed by atoms with van der Waals surface area (Å²) >= 11 is 0. The highest BCUT2D eigenvalue weighted by molar-refractivity contribution is 6.63. The lowest BCUT2D eigenvalue weighted by Gasteiger charge is -2.29. The summed E-state index contributed by atoms with van der Waals surface area (Å²) in [4.78, 5) is 38.2. The summed E-state index contributed by atoms with van der Waals surface area (Å²) in [5.41, 5.74) is 1.08. The van der Waals surface area contributed by atoms with E-state index in [1.807, 2.05) is 0 Å². The normalized spacial score (nSPS) is 17.2. The summed E-state index contributed by atoms with van der Waals surface area (Å²) in [6.07, 6.45) is 0.680. The van der Waals surface area contributed by atoms with Gasteiger partial charge in [0.2, 0.25) is 5.71 Å².